The number of hydrogen-bond acceptors (Lipinski definition) is 3. The molecule has 0 spiro atoms. The SMILES string of the molecule is Oc1cccc(C(c2cccc(O)c2)c2ccccc2O)c1. The Labute approximate surface area is 128 Å². The Bertz CT molecular complexity index is 750. The van der Waals surface area contributed by atoms with E-state index in [9.17, 15) is 15.3 Å². The lowest BCUT2D eigenvalue weighted by atomic mass is 9.84. The van der Waals surface area contributed by atoms with E-state index in [1.165, 1.54) is 0 Å². The summed E-state index contributed by atoms with van der Waals surface area (Å²) >= 11 is 0. The van der Waals surface area contributed by atoms with Crippen LogP contribution in [0.3, 0.4) is 0 Å². The normalized spacial score (nSPS) is 10.8. The van der Waals surface area contributed by atoms with E-state index in [0.717, 1.165) is 16.7 Å². The van der Waals surface area contributed by atoms with Crippen molar-refractivity contribution in [1.82, 2.24) is 0 Å². The van der Waals surface area contributed by atoms with E-state index in [4.69, 9.17) is 0 Å². The van der Waals surface area contributed by atoms with Crippen molar-refractivity contribution in [3.63, 3.8) is 0 Å². The molecule has 3 rings (SSSR count). The fourth-order valence-electron chi connectivity index (χ4n) is 2.69. The summed E-state index contributed by atoms with van der Waals surface area (Å²) in [6, 6.07) is 20.9. The molecule has 0 saturated heterocycles. The van der Waals surface area contributed by atoms with Crippen molar-refractivity contribution in [2.24, 2.45) is 0 Å². The maximum atomic E-state index is 10.2. The Hall–Kier alpha value is -2.94. The first-order valence-corrected chi connectivity index (χ1v) is 7.01. The molecule has 3 aromatic rings. The topological polar surface area (TPSA) is 60.7 Å². The third kappa shape index (κ3) is 2.74. The van der Waals surface area contributed by atoms with Gasteiger partial charge in [-0.05, 0) is 41.5 Å². The molecule has 0 aromatic heterocycles. The number of hydrogen-bond donors (Lipinski definition) is 3. The van der Waals surface area contributed by atoms with Gasteiger partial charge in [-0.2, -0.15) is 0 Å². The fourth-order valence-corrected chi connectivity index (χ4v) is 2.69. The number of aromatic hydroxyl groups is 3. The van der Waals surface area contributed by atoms with Crippen LogP contribution in [0, 0.1) is 0 Å². The van der Waals surface area contributed by atoms with Gasteiger partial charge in [0.05, 0.1) is 0 Å². The van der Waals surface area contributed by atoms with Crippen LogP contribution in [0.5, 0.6) is 17.2 Å². The Morgan fingerprint density at radius 3 is 1.64 bits per heavy atom. The van der Waals surface area contributed by atoms with E-state index >= 15 is 0 Å². The molecule has 0 aliphatic heterocycles. The highest BCUT2D eigenvalue weighted by atomic mass is 16.3. The molecule has 3 N–H and O–H groups in total. The Morgan fingerprint density at radius 1 is 0.591 bits per heavy atom. The third-order valence-corrected chi connectivity index (χ3v) is 3.65. The standard InChI is InChI=1S/C19H16O3/c20-15-7-3-5-13(11-15)19(14-6-4-8-16(21)12-14)17-9-1-2-10-18(17)22/h1-12,19-22H. The Kier molecular flexibility index (Phi) is 3.71. The van der Waals surface area contributed by atoms with Crippen molar-refractivity contribution < 1.29 is 15.3 Å². The van der Waals surface area contributed by atoms with Crippen molar-refractivity contribution in [2.75, 3.05) is 0 Å². The summed E-state index contributed by atoms with van der Waals surface area (Å²) in [5, 5.41) is 29.8. The number of para-hydroxylation sites is 1. The zero-order valence-corrected chi connectivity index (χ0v) is 11.8. The lowest BCUT2D eigenvalue weighted by Crippen LogP contribution is -2.03. The third-order valence-electron chi connectivity index (χ3n) is 3.65. The molecule has 0 bridgehead atoms. The first kappa shape index (κ1) is 14.0. The molecule has 110 valence electrons. The maximum absolute atomic E-state index is 10.2. The van der Waals surface area contributed by atoms with Gasteiger partial charge in [-0.25, -0.2) is 0 Å². The Balaban J connectivity index is 2.21. The van der Waals surface area contributed by atoms with E-state index in [0.29, 0.717) is 0 Å². The lowest BCUT2D eigenvalue weighted by molar-refractivity contribution is 0.464. The summed E-state index contributed by atoms with van der Waals surface area (Å²) in [7, 11) is 0. The molecule has 0 aliphatic rings. The first-order chi connectivity index (χ1) is 10.6. The van der Waals surface area contributed by atoms with Crippen LogP contribution in [0.15, 0.2) is 72.8 Å². The lowest BCUT2D eigenvalue weighted by Gasteiger charge is -2.20. The minimum absolute atomic E-state index is 0.165. The largest absolute Gasteiger partial charge is 0.508 e. The van der Waals surface area contributed by atoms with Crippen molar-refractivity contribution in [2.45, 2.75) is 5.92 Å². The van der Waals surface area contributed by atoms with Crippen LogP contribution in [0.1, 0.15) is 22.6 Å². The van der Waals surface area contributed by atoms with Crippen molar-refractivity contribution in [1.29, 1.82) is 0 Å². The summed E-state index contributed by atoms with van der Waals surface area (Å²) in [6.45, 7) is 0. The second kappa shape index (κ2) is 5.82. The van der Waals surface area contributed by atoms with Gasteiger partial charge < -0.3 is 15.3 Å². The van der Waals surface area contributed by atoms with Gasteiger partial charge in [0, 0.05) is 11.5 Å². The Morgan fingerprint density at radius 2 is 1.14 bits per heavy atom. The van der Waals surface area contributed by atoms with Crippen LogP contribution in [-0.2, 0) is 0 Å². The molecular weight excluding hydrogens is 276 g/mol. The summed E-state index contributed by atoms with van der Waals surface area (Å²) in [4.78, 5) is 0. The van der Waals surface area contributed by atoms with Crippen molar-refractivity contribution in [3.05, 3.63) is 89.5 Å². The van der Waals surface area contributed by atoms with Gasteiger partial charge in [-0.15, -0.1) is 0 Å². The number of benzene rings is 3. The molecule has 0 heterocycles. The van der Waals surface area contributed by atoms with Crippen LogP contribution in [0.4, 0.5) is 0 Å². The molecular formula is C19H16O3. The molecule has 3 nitrogen and oxygen atoms in total. The molecule has 0 fully saturated rings. The zero-order valence-electron chi connectivity index (χ0n) is 11.8. The van der Waals surface area contributed by atoms with Crippen molar-refractivity contribution >= 4 is 0 Å². The van der Waals surface area contributed by atoms with E-state index in [1.54, 1.807) is 48.5 Å². The van der Waals surface area contributed by atoms with E-state index in [2.05, 4.69) is 0 Å². The molecule has 22 heavy (non-hydrogen) atoms. The predicted octanol–water partition coefficient (Wildman–Crippen LogP) is 3.98. The van der Waals surface area contributed by atoms with Crippen LogP contribution >= 0.6 is 0 Å². The molecule has 0 aliphatic carbocycles. The monoisotopic (exact) mass is 292 g/mol. The van der Waals surface area contributed by atoms with Crippen LogP contribution in [0.2, 0.25) is 0 Å². The summed E-state index contributed by atoms with van der Waals surface area (Å²) in [5.74, 6) is 0.232. The van der Waals surface area contributed by atoms with E-state index in [1.807, 2.05) is 24.3 Å². The van der Waals surface area contributed by atoms with Crippen LogP contribution in [0.25, 0.3) is 0 Å². The average Bonchev–Trinajstić information content (AvgIpc) is 2.50. The second-order valence-electron chi connectivity index (χ2n) is 5.18. The van der Waals surface area contributed by atoms with E-state index < -0.39 is 0 Å². The van der Waals surface area contributed by atoms with Gasteiger partial charge in [0.1, 0.15) is 17.2 Å². The molecule has 0 saturated carbocycles. The van der Waals surface area contributed by atoms with Gasteiger partial charge in [-0.3, -0.25) is 0 Å². The van der Waals surface area contributed by atoms with Gasteiger partial charge in [-0.1, -0.05) is 42.5 Å². The summed E-state index contributed by atoms with van der Waals surface area (Å²) < 4.78 is 0. The molecule has 0 amide bonds. The number of phenolic OH excluding ortho intramolecular Hbond substituents is 3. The fraction of sp³-hybridized carbons (Fsp3) is 0.0526. The minimum atomic E-state index is -0.277. The van der Waals surface area contributed by atoms with Gasteiger partial charge in [0.25, 0.3) is 0 Å². The number of phenols is 3. The molecule has 0 unspecified atom stereocenters. The van der Waals surface area contributed by atoms with Crippen LogP contribution < -0.4 is 0 Å². The predicted molar refractivity (Wildman–Crippen MR) is 85.3 cm³/mol. The molecule has 3 heteroatoms. The summed E-state index contributed by atoms with van der Waals surface area (Å²) in [6.07, 6.45) is 0. The quantitative estimate of drug-likeness (QED) is 0.640. The smallest absolute Gasteiger partial charge is 0.119 e. The highest BCUT2D eigenvalue weighted by Gasteiger charge is 2.20. The van der Waals surface area contributed by atoms with Crippen LogP contribution in [-0.4, -0.2) is 15.3 Å². The number of rotatable bonds is 3. The average molecular weight is 292 g/mol. The first-order valence-electron chi connectivity index (χ1n) is 7.01. The highest BCUT2D eigenvalue weighted by molar-refractivity contribution is 5.50. The van der Waals surface area contributed by atoms with Gasteiger partial charge in [0.2, 0.25) is 0 Å². The highest BCUT2D eigenvalue weighted by Crippen LogP contribution is 2.38. The second-order valence-corrected chi connectivity index (χ2v) is 5.18. The minimum Gasteiger partial charge on any atom is -0.508 e. The summed E-state index contributed by atoms with van der Waals surface area (Å²) in [5.41, 5.74) is 2.40. The van der Waals surface area contributed by atoms with Gasteiger partial charge >= 0.3 is 0 Å². The molecule has 0 radical (unpaired) electrons. The zero-order chi connectivity index (χ0) is 15.5. The van der Waals surface area contributed by atoms with E-state index in [-0.39, 0.29) is 23.2 Å². The maximum Gasteiger partial charge on any atom is 0.119 e. The van der Waals surface area contributed by atoms with Crippen molar-refractivity contribution in [3.8, 4) is 17.2 Å². The molecule has 3 aromatic carbocycles. The molecule has 0 atom stereocenters. The van der Waals surface area contributed by atoms with Gasteiger partial charge in [0.15, 0.2) is 0 Å².